The van der Waals surface area contributed by atoms with E-state index >= 15 is 0 Å². The molecule has 1 N–H and O–H groups in total. The fraction of sp³-hybridized carbons (Fsp3) is 1.00. The molecule has 0 aromatic heterocycles. The highest BCUT2D eigenvalue weighted by Gasteiger charge is 2.60. The fourth-order valence-corrected chi connectivity index (χ4v) is 6.78. The van der Waals surface area contributed by atoms with Gasteiger partial charge in [0.1, 0.15) is 0 Å². The van der Waals surface area contributed by atoms with Crippen LogP contribution in [0.3, 0.4) is 0 Å². The molecule has 0 amide bonds. The molecule has 0 unspecified atom stereocenters. The first kappa shape index (κ1) is 19.5. The third-order valence-electron chi connectivity index (χ3n) is 7.70. The van der Waals surface area contributed by atoms with Crippen LogP contribution in [0.5, 0.6) is 0 Å². The van der Waals surface area contributed by atoms with Crippen molar-refractivity contribution in [1.82, 2.24) is 0 Å². The largest absolute Gasteiger partial charge is 0.392 e. The molecule has 3 rings (SSSR count). The first-order valence-corrected chi connectivity index (χ1v) is 11.0. The van der Waals surface area contributed by atoms with Gasteiger partial charge in [0.05, 0.1) is 27.5 Å². The molecule has 0 aromatic rings. The van der Waals surface area contributed by atoms with Crippen molar-refractivity contribution >= 4 is 27.5 Å². The van der Waals surface area contributed by atoms with Crippen molar-refractivity contribution in [3.8, 4) is 0 Å². The molecule has 0 radical (unpaired) electrons. The molecule has 2 heterocycles. The van der Waals surface area contributed by atoms with E-state index in [1.807, 2.05) is 6.92 Å². The zero-order valence-corrected chi connectivity index (χ0v) is 18.2. The van der Waals surface area contributed by atoms with E-state index in [9.17, 15) is 5.11 Å². The van der Waals surface area contributed by atoms with Gasteiger partial charge in [-0.25, -0.2) is 0 Å². The summed E-state index contributed by atoms with van der Waals surface area (Å²) in [6, 6.07) is 0. The molecular weight excluding hydrogens is 388 g/mol. The minimum Gasteiger partial charge on any atom is -0.392 e. The quantitative estimate of drug-likeness (QED) is 0.605. The van der Waals surface area contributed by atoms with E-state index in [0.29, 0.717) is 23.9 Å². The lowest BCUT2D eigenvalue weighted by Crippen LogP contribution is -2.49. The Morgan fingerprint density at radius 2 is 1.88 bits per heavy atom. The average Bonchev–Trinajstić information content (AvgIpc) is 2.95. The van der Waals surface area contributed by atoms with Crippen molar-refractivity contribution in [2.45, 2.75) is 101 Å². The number of alkyl halides is 2. The van der Waals surface area contributed by atoms with E-state index in [4.69, 9.17) is 16.3 Å². The zero-order valence-electron chi connectivity index (χ0n) is 15.8. The van der Waals surface area contributed by atoms with E-state index in [0.717, 1.165) is 12.8 Å². The van der Waals surface area contributed by atoms with Gasteiger partial charge >= 0.3 is 0 Å². The highest BCUT2D eigenvalue weighted by Crippen LogP contribution is 2.59. The third kappa shape index (κ3) is 3.10. The molecule has 0 spiro atoms. The van der Waals surface area contributed by atoms with E-state index in [-0.39, 0.29) is 26.8 Å². The highest BCUT2D eigenvalue weighted by atomic mass is 79.9. The van der Waals surface area contributed by atoms with Crippen LogP contribution in [-0.2, 0) is 4.74 Å². The topological polar surface area (TPSA) is 29.5 Å². The maximum absolute atomic E-state index is 10.7. The van der Waals surface area contributed by atoms with Gasteiger partial charge < -0.3 is 9.84 Å². The van der Waals surface area contributed by atoms with Gasteiger partial charge in [0.15, 0.2) is 0 Å². The number of aliphatic hydroxyl groups excluding tert-OH is 1. The smallest absolute Gasteiger partial charge is 0.0712 e. The van der Waals surface area contributed by atoms with Crippen molar-refractivity contribution < 1.29 is 9.84 Å². The van der Waals surface area contributed by atoms with Gasteiger partial charge in [-0.05, 0) is 75.5 Å². The summed E-state index contributed by atoms with van der Waals surface area (Å²) in [6.45, 7) is 11.4. The van der Waals surface area contributed by atoms with Crippen LogP contribution in [0.2, 0.25) is 0 Å². The number of rotatable bonds is 4. The van der Waals surface area contributed by atoms with E-state index in [1.54, 1.807) is 0 Å². The standard InChI is InChI=1S/C20H34BrClO2/c1-12(13-8-10-19(4,22)17(21)16(13)23)6-7-14-18(2,3)15-9-11-20(14,5)24-15/h12-17,23H,6-11H2,1-5H3/t12-,13+,14-,15+,16+,17-,19-,20-/m0/s1. The van der Waals surface area contributed by atoms with Crippen molar-refractivity contribution in [2.24, 2.45) is 23.2 Å². The third-order valence-corrected chi connectivity index (χ3v) is 9.94. The van der Waals surface area contributed by atoms with Gasteiger partial charge in [-0.3, -0.25) is 0 Å². The predicted molar refractivity (Wildman–Crippen MR) is 104 cm³/mol. The maximum atomic E-state index is 10.7. The lowest BCUT2D eigenvalue weighted by atomic mass is 9.61. The van der Waals surface area contributed by atoms with Crippen LogP contribution in [0, 0.1) is 23.2 Å². The van der Waals surface area contributed by atoms with E-state index in [1.165, 1.54) is 25.7 Å². The Labute approximate surface area is 161 Å². The molecule has 8 atom stereocenters. The average molecular weight is 422 g/mol. The van der Waals surface area contributed by atoms with Crippen LogP contribution in [-0.4, -0.2) is 32.6 Å². The van der Waals surface area contributed by atoms with Crippen molar-refractivity contribution in [2.75, 3.05) is 0 Å². The molecule has 4 heteroatoms. The van der Waals surface area contributed by atoms with Gasteiger partial charge in [-0.1, -0.05) is 36.7 Å². The van der Waals surface area contributed by atoms with Gasteiger partial charge in [0.25, 0.3) is 0 Å². The Bertz CT molecular complexity index is 476. The first-order chi connectivity index (χ1) is 11.0. The summed E-state index contributed by atoms with van der Waals surface area (Å²) in [4.78, 5) is -0.351. The second kappa shape index (κ2) is 6.39. The zero-order chi connectivity index (χ0) is 17.9. The molecule has 2 saturated heterocycles. The Balaban J connectivity index is 1.61. The Morgan fingerprint density at radius 1 is 1.21 bits per heavy atom. The molecule has 24 heavy (non-hydrogen) atoms. The Hall–Kier alpha value is 0.690. The molecule has 2 nitrogen and oxygen atoms in total. The number of hydrogen-bond donors (Lipinski definition) is 1. The molecule has 1 aliphatic carbocycles. The fourth-order valence-electron chi connectivity index (χ4n) is 5.92. The number of hydrogen-bond acceptors (Lipinski definition) is 2. The van der Waals surface area contributed by atoms with Crippen molar-refractivity contribution in [3.63, 3.8) is 0 Å². The summed E-state index contributed by atoms with van der Waals surface area (Å²) >= 11 is 10.2. The summed E-state index contributed by atoms with van der Waals surface area (Å²) in [5.74, 6) is 1.49. The summed E-state index contributed by atoms with van der Waals surface area (Å²) in [5, 5.41) is 10.7. The molecule has 140 valence electrons. The number of fused-ring (bicyclic) bond motifs is 2. The second-order valence-electron chi connectivity index (χ2n) is 9.76. The van der Waals surface area contributed by atoms with E-state index < -0.39 is 0 Å². The Morgan fingerprint density at radius 3 is 2.46 bits per heavy atom. The van der Waals surface area contributed by atoms with Crippen LogP contribution in [0.15, 0.2) is 0 Å². The predicted octanol–water partition coefficient (Wildman–Crippen LogP) is 5.53. The van der Waals surface area contributed by atoms with Crippen molar-refractivity contribution in [1.29, 1.82) is 0 Å². The van der Waals surface area contributed by atoms with Gasteiger partial charge in [0, 0.05) is 0 Å². The molecule has 3 aliphatic rings. The van der Waals surface area contributed by atoms with Crippen LogP contribution < -0.4 is 0 Å². The normalized spacial score (nSPS) is 51.8. The molecule has 2 aliphatic heterocycles. The molecule has 0 aromatic carbocycles. The molecule has 3 fully saturated rings. The maximum Gasteiger partial charge on any atom is 0.0712 e. The minimum atomic E-state index is -0.351. The lowest BCUT2D eigenvalue weighted by Gasteiger charge is -2.44. The highest BCUT2D eigenvalue weighted by molar-refractivity contribution is 9.09. The molecule has 1 saturated carbocycles. The van der Waals surface area contributed by atoms with Crippen molar-refractivity contribution in [3.05, 3.63) is 0 Å². The van der Waals surface area contributed by atoms with Crippen LogP contribution in [0.1, 0.15) is 73.1 Å². The van der Waals surface area contributed by atoms with Gasteiger partial charge in [-0.2, -0.15) is 0 Å². The number of ether oxygens (including phenoxy) is 1. The van der Waals surface area contributed by atoms with Crippen LogP contribution in [0.25, 0.3) is 0 Å². The summed E-state index contributed by atoms with van der Waals surface area (Å²) in [7, 11) is 0. The molecular formula is C20H34BrClO2. The SMILES string of the molecule is C[C@@H](CC[C@H]1C(C)(C)[C@H]2CC[C@]1(C)O2)[C@H]1CC[C@](C)(Cl)[C@@H](Br)[C@@H]1O. The summed E-state index contributed by atoms with van der Waals surface area (Å²) < 4.78 is 6.36. The van der Waals surface area contributed by atoms with E-state index in [2.05, 4.69) is 43.6 Å². The van der Waals surface area contributed by atoms with Crippen LogP contribution in [0.4, 0.5) is 0 Å². The second-order valence-corrected chi connectivity index (χ2v) is 11.6. The summed E-state index contributed by atoms with van der Waals surface area (Å²) in [6.07, 6.45) is 6.87. The lowest BCUT2D eigenvalue weighted by molar-refractivity contribution is 0.000254. The van der Waals surface area contributed by atoms with Crippen LogP contribution >= 0.6 is 27.5 Å². The summed E-state index contributed by atoms with van der Waals surface area (Å²) in [5.41, 5.74) is 0.357. The number of aliphatic hydroxyl groups is 1. The minimum absolute atomic E-state index is 0.0207. The van der Waals surface area contributed by atoms with Gasteiger partial charge in [0.2, 0.25) is 0 Å². The Kier molecular flexibility index (Phi) is 5.18. The van der Waals surface area contributed by atoms with Gasteiger partial charge in [-0.15, -0.1) is 11.6 Å². The monoisotopic (exact) mass is 420 g/mol. The molecule has 2 bridgehead atoms. The first-order valence-electron chi connectivity index (χ1n) is 9.68. The number of halogens is 2.